The second-order valence-electron chi connectivity index (χ2n) is 4.40. The van der Waals surface area contributed by atoms with Crippen molar-refractivity contribution in [1.82, 2.24) is 5.32 Å². The molecule has 0 spiro atoms. The van der Waals surface area contributed by atoms with Crippen molar-refractivity contribution in [2.24, 2.45) is 0 Å². The van der Waals surface area contributed by atoms with Crippen molar-refractivity contribution < 1.29 is 14.6 Å². The van der Waals surface area contributed by atoms with Gasteiger partial charge in [0.15, 0.2) is 0 Å². The van der Waals surface area contributed by atoms with Gasteiger partial charge >= 0.3 is 5.97 Å². The first kappa shape index (κ1) is 14.7. The molecule has 0 aromatic heterocycles. The lowest BCUT2D eigenvalue weighted by Crippen LogP contribution is -2.41. The Hall–Kier alpha value is -1.39. The number of hydrogen-bond donors (Lipinski definition) is 2. The molecule has 2 unspecified atom stereocenters. The van der Waals surface area contributed by atoms with E-state index < -0.39 is 12.0 Å². The Kier molecular flexibility index (Phi) is 6.39. The third kappa shape index (κ3) is 4.85. The number of nitrogens with one attached hydrogen (secondary N) is 1. The number of carboxylic acids is 1. The molecule has 0 amide bonds. The van der Waals surface area contributed by atoms with Gasteiger partial charge in [0.1, 0.15) is 6.04 Å². The summed E-state index contributed by atoms with van der Waals surface area (Å²) in [6, 6.07) is 9.59. The quantitative estimate of drug-likeness (QED) is 0.740. The van der Waals surface area contributed by atoms with E-state index in [0.717, 1.165) is 6.42 Å². The molecular weight excluding hydrogens is 230 g/mol. The van der Waals surface area contributed by atoms with Crippen LogP contribution in [0.25, 0.3) is 0 Å². The predicted molar refractivity (Wildman–Crippen MR) is 70.8 cm³/mol. The van der Waals surface area contributed by atoms with Crippen LogP contribution in [0.15, 0.2) is 30.3 Å². The highest BCUT2D eigenvalue weighted by Crippen LogP contribution is 2.17. The van der Waals surface area contributed by atoms with Gasteiger partial charge in [-0.3, -0.25) is 4.79 Å². The zero-order valence-corrected chi connectivity index (χ0v) is 10.9. The lowest BCUT2D eigenvalue weighted by Gasteiger charge is -2.16. The normalized spacial score (nSPS) is 14.1. The average Bonchev–Trinajstić information content (AvgIpc) is 2.38. The zero-order valence-electron chi connectivity index (χ0n) is 10.9. The van der Waals surface area contributed by atoms with Crippen molar-refractivity contribution in [3.8, 4) is 0 Å². The monoisotopic (exact) mass is 251 g/mol. The van der Waals surface area contributed by atoms with Gasteiger partial charge in [-0.15, -0.1) is 0 Å². The van der Waals surface area contributed by atoms with Gasteiger partial charge in [0.2, 0.25) is 0 Å². The summed E-state index contributed by atoms with van der Waals surface area (Å²) in [7, 11) is 1.50. The predicted octanol–water partition coefficient (Wildman–Crippen LogP) is 1.87. The third-order valence-electron chi connectivity index (χ3n) is 2.97. The summed E-state index contributed by atoms with van der Waals surface area (Å²) in [4.78, 5) is 10.9. The molecule has 1 rings (SSSR count). The Morgan fingerprint density at radius 3 is 2.61 bits per heavy atom. The molecular formula is C14H21NO3. The van der Waals surface area contributed by atoms with E-state index in [9.17, 15) is 4.79 Å². The molecule has 0 saturated carbocycles. The molecule has 4 nitrogen and oxygen atoms in total. The smallest absolute Gasteiger partial charge is 0.323 e. The van der Waals surface area contributed by atoms with Crippen LogP contribution in [-0.4, -0.2) is 37.4 Å². The molecule has 0 heterocycles. The maximum atomic E-state index is 10.9. The van der Waals surface area contributed by atoms with Crippen molar-refractivity contribution in [1.29, 1.82) is 0 Å². The van der Waals surface area contributed by atoms with Gasteiger partial charge in [-0.2, -0.15) is 0 Å². The van der Waals surface area contributed by atoms with Gasteiger partial charge in [-0.05, 0) is 24.4 Å². The molecule has 1 aromatic rings. The van der Waals surface area contributed by atoms with Crippen molar-refractivity contribution >= 4 is 5.97 Å². The van der Waals surface area contributed by atoms with E-state index >= 15 is 0 Å². The minimum Gasteiger partial charge on any atom is -0.480 e. The fourth-order valence-corrected chi connectivity index (χ4v) is 1.81. The highest BCUT2D eigenvalue weighted by atomic mass is 16.5. The summed E-state index contributed by atoms with van der Waals surface area (Å²) >= 11 is 0. The minimum absolute atomic E-state index is 0.190. The minimum atomic E-state index is -0.871. The van der Waals surface area contributed by atoms with Crippen LogP contribution in [0.4, 0.5) is 0 Å². The molecule has 1 aromatic carbocycles. The Bertz CT molecular complexity index is 353. The van der Waals surface area contributed by atoms with Gasteiger partial charge in [-0.1, -0.05) is 37.3 Å². The Morgan fingerprint density at radius 1 is 1.39 bits per heavy atom. The Labute approximate surface area is 108 Å². The number of hydrogen-bond acceptors (Lipinski definition) is 3. The molecule has 0 aliphatic heterocycles. The first-order chi connectivity index (χ1) is 8.65. The van der Waals surface area contributed by atoms with E-state index in [-0.39, 0.29) is 6.61 Å². The summed E-state index contributed by atoms with van der Waals surface area (Å²) in [6.45, 7) is 2.99. The number of methoxy groups -OCH3 is 1. The van der Waals surface area contributed by atoms with Crippen molar-refractivity contribution in [2.45, 2.75) is 25.3 Å². The molecule has 0 radical (unpaired) electrons. The van der Waals surface area contributed by atoms with Gasteiger partial charge in [0.05, 0.1) is 6.61 Å². The van der Waals surface area contributed by atoms with E-state index in [1.54, 1.807) is 0 Å². The van der Waals surface area contributed by atoms with E-state index in [1.165, 1.54) is 12.7 Å². The standard InChI is InChI=1S/C14H21NO3/c1-11(12-6-4-3-5-7-12)8-9-15-13(10-18-2)14(16)17/h3-7,11,13,15H,8-10H2,1-2H3,(H,16,17). The van der Waals surface area contributed by atoms with Gasteiger partial charge in [0, 0.05) is 7.11 Å². The molecule has 4 heteroatoms. The summed E-state index contributed by atoms with van der Waals surface area (Å²) in [5.41, 5.74) is 1.28. The second-order valence-corrected chi connectivity index (χ2v) is 4.40. The number of aliphatic carboxylic acids is 1. The van der Waals surface area contributed by atoms with Gasteiger partial charge in [-0.25, -0.2) is 0 Å². The highest BCUT2D eigenvalue weighted by Gasteiger charge is 2.16. The Morgan fingerprint density at radius 2 is 2.06 bits per heavy atom. The van der Waals surface area contributed by atoms with Crippen LogP contribution in [0.3, 0.4) is 0 Å². The fraction of sp³-hybridized carbons (Fsp3) is 0.500. The maximum Gasteiger partial charge on any atom is 0.323 e. The third-order valence-corrected chi connectivity index (χ3v) is 2.97. The van der Waals surface area contributed by atoms with Crippen LogP contribution in [0.2, 0.25) is 0 Å². The largest absolute Gasteiger partial charge is 0.480 e. The van der Waals surface area contributed by atoms with Crippen LogP contribution < -0.4 is 5.32 Å². The topological polar surface area (TPSA) is 58.6 Å². The van der Waals surface area contributed by atoms with Crippen molar-refractivity contribution in [3.63, 3.8) is 0 Å². The van der Waals surface area contributed by atoms with Crippen LogP contribution in [0.5, 0.6) is 0 Å². The fourth-order valence-electron chi connectivity index (χ4n) is 1.81. The molecule has 2 N–H and O–H groups in total. The lowest BCUT2D eigenvalue weighted by atomic mass is 9.98. The highest BCUT2D eigenvalue weighted by molar-refractivity contribution is 5.73. The molecule has 0 saturated heterocycles. The molecule has 100 valence electrons. The van der Waals surface area contributed by atoms with Crippen molar-refractivity contribution in [2.75, 3.05) is 20.3 Å². The average molecular weight is 251 g/mol. The van der Waals surface area contributed by atoms with Crippen molar-refractivity contribution in [3.05, 3.63) is 35.9 Å². The number of ether oxygens (including phenoxy) is 1. The van der Waals surface area contributed by atoms with Crippen LogP contribution in [0, 0.1) is 0 Å². The molecule has 0 aliphatic rings. The van der Waals surface area contributed by atoms with E-state index in [0.29, 0.717) is 12.5 Å². The van der Waals surface area contributed by atoms with E-state index in [1.807, 2.05) is 18.2 Å². The molecule has 0 fully saturated rings. The molecule has 0 bridgehead atoms. The first-order valence-corrected chi connectivity index (χ1v) is 6.15. The van der Waals surface area contributed by atoms with E-state index in [2.05, 4.69) is 24.4 Å². The Balaban J connectivity index is 2.34. The summed E-state index contributed by atoms with van der Waals surface area (Å²) in [5.74, 6) is -0.458. The lowest BCUT2D eigenvalue weighted by molar-refractivity contribution is -0.140. The molecule has 18 heavy (non-hydrogen) atoms. The second kappa shape index (κ2) is 7.84. The SMILES string of the molecule is COCC(NCCC(C)c1ccccc1)C(=O)O. The van der Waals surface area contributed by atoms with E-state index in [4.69, 9.17) is 9.84 Å². The summed E-state index contributed by atoms with van der Waals surface area (Å²) < 4.78 is 4.86. The number of carboxylic acid groups (broad SMARTS) is 1. The number of carbonyl (C=O) groups is 1. The van der Waals surface area contributed by atoms with Crippen LogP contribution in [0.1, 0.15) is 24.8 Å². The summed E-state index contributed by atoms with van der Waals surface area (Å²) in [5, 5.41) is 11.9. The maximum absolute atomic E-state index is 10.9. The van der Waals surface area contributed by atoms with Gasteiger partial charge < -0.3 is 15.2 Å². The molecule has 2 atom stereocenters. The summed E-state index contributed by atoms with van der Waals surface area (Å²) in [6.07, 6.45) is 0.900. The number of benzene rings is 1. The van der Waals surface area contributed by atoms with Crippen LogP contribution >= 0.6 is 0 Å². The number of rotatable bonds is 8. The first-order valence-electron chi connectivity index (χ1n) is 6.15. The molecule has 0 aliphatic carbocycles. The van der Waals surface area contributed by atoms with Crippen LogP contribution in [-0.2, 0) is 9.53 Å². The van der Waals surface area contributed by atoms with Gasteiger partial charge in [0.25, 0.3) is 0 Å². The zero-order chi connectivity index (χ0) is 13.4.